The van der Waals surface area contributed by atoms with Crippen molar-refractivity contribution in [2.24, 2.45) is 17.3 Å². The molecule has 3 atom stereocenters. The number of hydrogen-bond donors (Lipinski definition) is 0. The topological polar surface area (TPSA) is 0 Å². The van der Waals surface area contributed by atoms with Crippen LogP contribution < -0.4 is 0 Å². The Morgan fingerprint density at radius 2 is 2.50 bits per heavy atom. The molecule has 54 valence electrons. The van der Waals surface area contributed by atoms with Crippen LogP contribution in [-0.4, -0.2) is 0 Å². The van der Waals surface area contributed by atoms with Crippen LogP contribution in [0.5, 0.6) is 0 Å². The maximum absolute atomic E-state index is 3.75. The van der Waals surface area contributed by atoms with Crippen LogP contribution in [0.25, 0.3) is 0 Å². The lowest BCUT2D eigenvalue weighted by Gasteiger charge is -2.22. The highest BCUT2D eigenvalue weighted by molar-refractivity contribution is 5.42. The summed E-state index contributed by atoms with van der Waals surface area (Å²) in [7, 11) is 0. The highest BCUT2D eigenvalue weighted by Gasteiger charge is 2.64. The van der Waals surface area contributed by atoms with Crippen LogP contribution in [0.1, 0.15) is 20.3 Å². The van der Waals surface area contributed by atoms with Crippen molar-refractivity contribution in [2.75, 3.05) is 0 Å². The van der Waals surface area contributed by atoms with Gasteiger partial charge in [-0.2, -0.15) is 0 Å². The average molecular weight is 134 g/mol. The van der Waals surface area contributed by atoms with E-state index in [1.54, 1.807) is 5.57 Å². The molecule has 1 saturated carbocycles. The molecule has 0 nitrogen and oxygen atoms in total. The summed E-state index contributed by atoms with van der Waals surface area (Å²) in [5, 5.41) is 0. The fraction of sp³-hybridized carbons (Fsp3) is 0.600. The Morgan fingerprint density at radius 1 is 1.80 bits per heavy atom. The molecule has 0 aromatic carbocycles. The van der Waals surface area contributed by atoms with Gasteiger partial charge >= 0.3 is 0 Å². The van der Waals surface area contributed by atoms with Gasteiger partial charge in [-0.1, -0.05) is 31.6 Å². The Labute approximate surface area is 62.6 Å². The number of allylic oxidation sites excluding steroid dienone is 3. The minimum atomic E-state index is 0.605. The third-order valence-corrected chi connectivity index (χ3v) is 3.50. The Morgan fingerprint density at radius 3 is 2.80 bits per heavy atom. The Bertz CT molecular complexity index is 212. The lowest BCUT2D eigenvalue weighted by atomic mass is 9.83. The molecule has 10 heavy (non-hydrogen) atoms. The van der Waals surface area contributed by atoms with Crippen molar-refractivity contribution < 1.29 is 0 Å². The van der Waals surface area contributed by atoms with Crippen molar-refractivity contribution in [1.29, 1.82) is 0 Å². The van der Waals surface area contributed by atoms with Gasteiger partial charge in [0.2, 0.25) is 0 Å². The van der Waals surface area contributed by atoms with Crippen LogP contribution in [0, 0.1) is 17.3 Å². The molecular weight excluding hydrogens is 120 g/mol. The summed E-state index contributed by atoms with van der Waals surface area (Å²) >= 11 is 0. The predicted molar refractivity (Wildman–Crippen MR) is 43.7 cm³/mol. The fourth-order valence-electron chi connectivity index (χ4n) is 2.33. The second-order valence-corrected chi connectivity index (χ2v) is 3.78. The van der Waals surface area contributed by atoms with E-state index in [9.17, 15) is 0 Å². The van der Waals surface area contributed by atoms with Crippen molar-refractivity contribution in [3.05, 3.63) is 24.3 Å². The third-order valence-electron chi connectivity index (χ3n) is 3.50. The average Bonchev–Trinajstić information content (AvgIpc) is 2.31. The Hall–Kier alpha value is -0.520. The first-order valence-corrected chi connectivity index (χ1v) is 4.03. The van der Waals surface area contributed by atoms with Gasteiger partial charge in [-0.05, 0) is 23.7 Å². The SMILES string of the molecule is C=CCC1=CC2C(C)C12C. The molecular formula is C10H14. The highest BCUT2D eigenvalue weighted by Crippen LogP contribution is 2.71. The smallest absolute Gasteiger partial charge is 0.00160 e. The van der Waals surface area contributed by atoms with Crippen LogP contribution in [0.2, 0.25) is 0 Å². The van der Waals surface area contributed by atoms with Crippen LogP contribution in [0.4, 0.5) is 0 Å². The van der Waals surface area contributed by atoms with E-state index in [2.05, 4.69) is 26.5 Å². The van der Waals surface area contributed by atoms with E-state index in [4.69, 9.17) is 0 Å². The zero-order chi connectivity index (χ0) is 7.35. The summed E-state index contributed by atoms with van der Waals surface area (Å²) in [5.74, 6) is 1.84. The fourth-order valence-corrected chi connectivity index (χ4v) is 2.33. The van der Waals surface area contributed by atoms with Crippen molar-refractivity contribution in [3.8, 4) is 0 Å². The van der Waals surface area contributed by atoms with E-state index in [-0.39, 0.29) is 0 Å². The molecule has 0 radical (unpaired) electrons. The second-order valence-electron chi connectivity index (χ2n) is 3.78. The molecule has 0 heterocycles. The maximum Gasteiger partial charge on any atom is -0.00160 e. The zero-order valence-electron chi connectivity index (χ0n) is 6.72. The first-order valence-electron chi connectivity index (χ1n) is 4.03. The van der Waals surface area contributed by atoms with Crippen molar-refractivity contribution in [1.82, 2.24) is 0 Å². The highest BCUT2D eigenvalue weighted by atomic mass is 14.7. The lowest BCUT2D eigenvalue weighted by Crippen LogP contribution is -2.10. The summed E-state index contributed by atoms with van der Waals surface area (Å²) < 4.78 is 0. The molecule has 0 saturated heterocycles. The van der Waals surface area contributed by atoms with Gasteiger partial charge in [-0.3, -0.25) is 0 Å². The molecule has 0 heteroatoms. The quantitative estimate of drug-likeness (QED) is 0.509. The third kappa shape index (κ3) is 0.448. The molecule has 0 aromatic rings. The predicted octanol–water partition coefficient (Wildman–Crippen LogP) is 2.77. The van der Waals surface area contributed by atoms with Crippen molar-refractivity contribution in [2.45, 2.75) is 20.3 Å². The normalized spacial score (nSPS) is 48.8. The Balaban J connectivity index is 2.11. The van der Waals surface area contributed by atoms with E-state index in [0.29, 0.717) is 5.41 Å². The van der Waals surface area contributed by atoms with Gasteiger partial charge in [-0.15, -0.1) is 6.58 Å². The standard InChI is InChI=1S/C10H14/c1-4-5-8-6-9-7(2)10(8,9)3/h4,6-7,9H,1,5H2,2-3H3. The molecule has 0 N–H and O–H groups in total. The largest absolute Gasteiger partial charge is 0.103 e. The molecule has 2 aliphatic rings. The van der Waals surface area contributed by atoms with Gasteiger partial charge < -0.3 is 0 Å². The summed E-state index contributed by atoms with van der Waals surface area (Å²) in [6.45, 7) is 8.47. The molecule has 1 fully saturated rings. The molecule has 2 aliphatic carbocycles. The molecule has 0 aliphatic heterocycles. The van der Waals surface area contributed by atoms with Gasteiger partial charge in [0, 0.05) is 0 Å². The van der Waals surface area contributed by atoms with Gasteiger partial charge in [0.15, 0.2) is 0 Å². The minimum Gasteiger partial charge on any atom is -0.103 e. The van der Waals surface area contributed by atoms with E-state index in [1.807, 2.05) is 6.08 Å². The van der Waals surface area contributed by atoms with E-state index in [0.717, 1.165) is 18.3 Å². The second kappa shape index (κ2) is 1.55. The summed E-state index contributed by atoms with van der Waals surface area (Å²) in [5.41, 5.74) is 2.23. The van der Waals surface area contributed by atoms with Crippen LogP contribution >= 0.6 is 0 Å². The number of hydrogen-bond acceptors (Lipinski definition) is 0. The van der Waals surface area contributed by atoms with Gasteiger partial charge in [0.05, 0.1) is 0 Å². The molecule has 3 unspecified atom stereocenters. The van der Waals surface area contributed by atoms with Gasteiger partial charge in [-0.25, -0.2) is 0 Å². The van der Waals surface area contributed by atoms with Crippen LogP contribution in [-0.2, 0) is 0 Å². The van der Waals surface area contributed by atoms with Crippen LogP contribution in [0.3, 0.4) is 0 Å². The van der Waals surface area contributed by atoms with E-state index in [1.165, 1.54) is 0 Å². The van der Waals surface area contributed by atoms with Crippen molar-refractivity contribution >= 4 is 0 Å². The monoisotopic (exact) mass is 134 g/mol. The number of rotatable bonds is 2. The zero-order valence-corrected chi connectivity index (χ0v) is 6.72. The first-order chi connectivity index (χ1) is 4.71. The van der Waals surface area contributed by atoms with Gasteiger partial charge in [0.25, 0.3) is 0 Å². The molecule has 0 amide bonds. The maximum atomic E-state index is 3.75. The van der Waals surface area contributed by atoms with Crippen LogP contribution in [0.15, 0.2) is 24.3 Å². The number of fused-ring (bicyclic) bond motifs is 1. The lowest BCUT2D eigenvalue weighted by molar-refractivity contribution is 0.550. The van der Waals surface area contributed by atoms with E-state index >= 15 is 0 Å². The molecule has 0 bridgehead atoms. The van der Waals surface area contributed by atoms with Gasteiger partial charge in [0.1, 0.15) is 0 Å². The minimum absolute atomic E-state index is 0.605. The molecule has 0 spiro atoms. The Kier molecular flexibility index (Phi) is 0.964. The first kappa shape index (κ1) is 6.21. The summed E-state index contributed by atoms with van der Waals surface area (Å²) in [6, 6.07) is 0. The van der Waals surface area contributed by atoms with E-state index < -0.39 is 0 Å². The summed E-state index contributed by atoms with van der Waals surface area (Å²) in [4.78, 5) is 0. The van der Waals surface area contributed by atoms with Crippen molar-refractivity contribution in [3.63, 3.8) is 0 Å². The molecule has 2 rings (SSSR count). The molecule has 0 aromatic heterocycles. The summed E-state index contributed by atoms with van der Waals surface area (Å²) in [6.07, 6.45) is 5.54.